The van der Waals surface area contributed by atoms with E-state index < -0.39 is 27.8 Å². The zero-order chi connectivity index (χ0) is 16.0. The lowest BCUT2D eigenvalue weighted by atomic mass is 10.2. The Bertz CT molecular complexity index is 668. The molecular formula is C13H16FN3O3S. The highest BCUT2D eigenvalue weighted by Gasteiger charge is 2.22. The van der Waals surface area contributed by atoms with Crippen LogP contribution in [0.15, 0.2) is 23.1 Å². The number of nitrogens with zero attached hydrogens (tertiary/aromatic N) is 1. The quantitative estimate of drug-likeness (QED) is 0.814. The third kappa shape index (κ3) is 4.51. The van der Waals surface area contributed by atoms with Gasteiger partial charge in [-0.3, -0.25) is 4.79 Å². The Hall–Kier alpha value is -1.98. The van der Waals surface area contributed by atoms with Crippen molar-refractivity contribution in [2.75, 3.05) is 6.54 Å². The molecule has 0 bridgehead atoms. The molecule has 1 aromatic rings. The molecule has 114 valence electrons. The molecule has 0 saturated carbocycles. The molecule has 0 saturated heterocycles. The average molecular weight is 313 g/mol. The van der Waals surface area contributed by atoms with Gasteiger partial charge in [-0.1, -0.05) is 6.92 Å². The van der Waals surface area contributed by atoms with Crippen molar-refractivity contribution in [3.63, 3.8) is 0 Å². The fraction of sp³-hybridized carbons (Fsp3) is 0.385. The monoisotopic (exact) mass is 313 g/mol. The maximum atomic E-state index is 13.2. The van der Waals surface area contributed by atoms with Gasteiger partial charge in [-0.25, -0.2) is 12.8 Å². The summed E-state index contributed by atoms with van der Waals surface area (Å²) in [6, 6.07) is 3.45. The number of sulfonamides is 1. The summed E-state index contributed by atoms with van der Waals surface area (Å²) in [6.45, 7) is 3.72. The molecule has 0 aromatic heterocycles. The summed E-state index contributed by atoms with van der Waals surface area (Å²) in [6.07, 6.45) is 0.731. The van der Waals surface area contributed by atoms with E-state index in [2.05, 4.69) is 10.0 Å². The highest BCUT2D eigenvalue weighted by Crippen LogP contribution is 2.14. The number of nitriles is 1. The molecule has 0 aliphatic carbocycles. The standard InChI is InChI=1S/C13H16FN3O3S/c1-3-6-16-13(18)9(2)17-21(19,20)11-4-5-12(14)10(7-11)8-15/h4-5,7,9,17H,3,6H2,1-2H3,(H,16,18). The lowest BCUT2D eigenvalue weighted by molar-refractivity contribution is -0.122. The van der Waals surface area contributed by atoms with Gasteiger partial charge in [0, 0.05) is 6.54 Å². The molecule has 0 heterocycles. The van der Waals surface area contributed by atoms with Gasteiger partial charge in [-0.15, -0.1) is 0 Å². The second-order valence-electron chi connectivity index (χ2n) is 4.39. The minimum absolute atomic E-state index is 0.268. The van der Waals surface area contributed by atoms with Crippen molar-refractivity contribution >= 4 is 15.9 Å². The van der Waals surface area contributed by atoms with Crippen LogP contribution in [0.3, 0.4) is 0 Å². The second kappa shape index (κ2) is 7.15. The molecule has 1 rings (SSSR count). The summed E-state index contributed by atoms with van der Waals surface area (Å²) in [4.78, 5) is 11.4. The molecule has 1 amide bonds. The maximum absolute atomic E-state index is 13.2. The van der Waals surface area contributed by atoms with Crippen LogP contribution in [0.1, 0.15) is 25.8 Å². The third-order valence-corrected chi connectivity index (χ3v) is 4.18. The van der Waals surface area contributed by atoms with E-state index in [1.54, 1.807) is 6.07 Å². The molecule has 0 aliphatic heterocycles. The largest absolute Gasteiger partial charge is 0.355 e. The summed E-state index contributed by atoms with van der Waals surface area (Å²) in [5.41, 5.74) is -0.374. The minimum atomic E-state index is -4.01. The number of carbonyl (C=O) groups is 1. The van der Waals surface area contributed by atoms with Crippen LogP contribution in [0.2, 0.25) is 0 Å². The lowest BCUT2D eigenvalue weighted by Crippen LogP contribution is -2.44. The van der Waals surface area contributed by atoms with Crippen molar-refractivity contribution in [1.82, 2.24) is 10.0 Å². The zero-order valence-corrected chi connectivity index (χ0v) is 12.5. The molecule has 0 radical (unpaired) electrons. The van der Waals surface area contributed by atoms with Gasteiger partial charge in [0.15, 0.2) is 0 Å². The number of benzene rings is 1. The van der Waals surface area contributed by atoms with Crippen molar-refractivity contribution in [2.24, 2.45) is 0 Å². The Balaban J connectivity index is 2.92. The Morgan fingerprint density at radius 2 is 2.14 bits per heavy atom. The molecule has 1 atom stereocenters. The Kier molecular flexibility index (Phi) is 5.81. The summed E-state index contributed by atoms with van der Waals surface area (Å²) in [7, 11) is -4.01. The molecule has 0 aliphatic rings. The van der Waals surface area contributed by atoms with Crippen molar-refractivity contribution in [1.29, 1.82) is 5.26 Å². The van der Waals surface area contributed by atoms with Gasteiger partial charge >= 0.3 is 0 Å². The number of hydrogen-bond donors (Lipinski definition) is 2. The molecule has 21 heavy (non-hydrogen) atoms. The van der Waals surface area contributed by atoms with E-state index in [9.17, 15) is 17.6 Å². The van der Waals surface area contributed by atoms with E-state index in [1.165, 1.54) is 6.92 Å². The summed E-state index contributed by atoms with van der Waals surface area (Å²) in [5.74, 6) is -1.26. The normalized spacial score (nSPS) is 12.5. The number of nitrogens with one attached hydrogen (secondary N) is 2. The van der Waals surface area contributed by atoms with Crippen molar-refractivity contribution in [3.05, 3.63) is 29.6 Å². The van der Waals surface area contributed by atoms with E-state index in [1.807, 2.05) is 6.92 Å². The van der Waals surface area contributed by atoms with Crippen LogP contribution in [0, 0.1) is 17.1 Å². The van der Waals surface area contributed by atoms with Crippen molar-refractivity contribution < 1.29 is 17.6 Å². The average Bonchev–Trinajstić information content (AvgIpc) is 2.44. The Labute approximate surface area is 123 Å². The molecule has 1 aromatic carbocycles. The van der Waals surface area contributed by atoms with E-state index >= 15 is 0 Å². The summed E-state index contributed by atoms with van der Waals surface area (Å²) >= 11 is 0. The van der Waals surface area contributed by atoms with E-state index in [0.29, 0.717) is 6.54 Å². The molecule has 0 fully saturated rings. The fourth-order valence-corrected chi connectivity index (χ4v) is 2.74. The molecule has 1 unspecified atom stereocenters. The first-order valence-corrected chi connectivity index (χ1v) is 7.79. The number of rotatable bonds is 6. The van der Waals surface area contributed by atoms with Gasteiger partial charge < -0.3 is 5.32 Å². The maximum Gasteiger partial charge on any atom is 0.241 e. The van der Waals surface area contributed by atoms with Crippen LogP contribution >= 0.6 is 0 Å². The highest BCUT2D eigenvalue weighted by molar-refractivity contribution is 7.89. The van der Waals surface area contributed by atoms with Crippen molar-refractivity contribution in [3.8, 4) is 6.07 Å². The first kappa shape index (κ1) is 17.1. The van der Waals surface area contributed by atoms with Crippen LogP contribution in [-0.2, 0) is 14.8 Å². The number of hydrogen-bond acceptors (Lipinski definition) is 4. The number of amides is 1. The van der Waals surface area contributed by atoms with Gasteiger partial charge in [0.2, 0.25) is 15.9 Å². The van der Waals surface area contributed by atoms with Gasteiger partial charge in [-0.05, 0) is 31.5 Å². The van der Waals surface area contributed by atoms with Crippen LogP contribution in [0.5, 0.6) is 0 Å². The summed E-state index contributed by atoms with van der Waals surface area (Å²) in [5, 5.41) is 11.3. The van der Waals surface area contributed by atoms with E-state index in [4.69, 9.17) is 5.26 Å². The smallest absolute Gasteiger partial charge is 0.241 e. The number of carbonyl (C=O) groups excluding carboxylic acids is 1. The predicted molar refractivity (Wildman–Crippen MR) is 74.2 cm³/mol. The first-order valence-electron chi connectivity index (χ1n) is 6.31. The van der Waals surface area contributed by atoms with Crippen LogP contribution < -0.4 is 10.0 Å². The first-order chi connectivity index (χ1) is 9.81. The van der Waals surface area contributed by atoms with E-state index in [-0.39, 0.29) is 10.5 Å². The molecular weight excluding hydrogens is 297 g/mol. The van der Waals surface area contributed by atoms with Crippen LogP contribution in [0.25, 0.3) is 0 Å². The minimum Gasteiger partial charge on any atom is -0.355 e. The Morgan fingerprint density at radius 3 is 2.71 bits per heavy atom. The summed E-state index contributed by atoms with van der Waals surface area (Å²) < 4.78 is 39.5. The van der Waals surface area contributed by atoms with Crippen LogP contribution in [0.4, 0.5) is 4.39 Å². The second-order valence-corrected chi connectivity index (χ2v) is 6.10. The van der Waals surface area contributed by atoms with Gasteiger partial charge in [0.1, 0.15) is 11.9 Å². The lowest BCUT2D eigenvalue weighted by Gasteiger charge is -2.14. The highest BCUT2D eigenvalue weighted by atomic mass is 32.2. The van der Waals surface area contributed by atoms with Gasteiger partial charge in [-0.2, -0.15) is 9.98 Å². The molecule has 2 N–H and O–H groups in total. The topological polar surface area (TPSA) is 99.1 Å². The van der Waals surface area contributed by atoms with E-state index in [0.717, 1.165) is 24.6 Å². The van der Waals surface area contributed by atoms with Crippen LogP contribution in [-0.4, -0.2) is 26.9 Å². The van der Waals surface area contributed by atoms with Gasteiger partial charge in [0.05, 0.1) is 16.5 Å². The van der Waals surface area contributed by atoms with Gasteiger partial charge in [0.25, 0.3) is 0 Å². The fourth-order valence-electron chi connectivity index (χ4n) is 1.51. The van der Waals surface area contributed by atoms with Crippen molar-refractivity contribution in [2.45, 2.75) is 31.2 Å². The third-order valence-electron chi connectivity index (χ3n) is 2.64. The zero-order valence-electron chi connectivity index (χ0n) is 11.7. The number of halogens is 1. The molecule has 0 spiro atoms. The molecule has 8 heteroatoms. The SMILES string of the molecule is CCCNC(=O)C(C)NS(=O)(=O)c1ccc(F)c(C#N)c1. The Morgan fingerprint density at radius 1 is 1.48 bits per heavy atom. The predicted octanol–water partition coefficient (Wildman–Crippen LogP) is 0.890. The molecule has 6 nitrogen and oxygen atoms in total.